The van der Waals surface area contributed by atoms with E-state index in [0.29, 0.717) is 26.6 Å². The van der Waals surface area contributed by atoms with Crippen molar-refractivity contribution in [2.24, 2.45) is 17.3 Å². The Morgan fingerprint density at radius 2 is 1.75 bits per heavy atom. The first kappa shape index (κ1) is 9.29. The second kappa shape index (κ2) is 2.61. The van der Waals surface area contributed by atoms with E-state index < -0.39 is 0 Å². The van der Waals surface area contributed by atoms with Crippen molar-refractivity contribution in [3.8, 4) is 0 Å². The fourth-order valence-corrected chi connectivity index (χ4v) is 7.27. The van der Waals surface area contributed by atoms with Crippen LogP contribution in [0, 0.1) is 17.3 Å². The average Bonchev–Trinajstić information content (AvgIpc) is 2.08. The van der Waals surface area contributed by atoms with E-state index in [-0.39, 0.29) is 0 Å². The molecule has 1 unspecified atom stereocenters. The van der Waals surface area contributed by atoms with Gasteiger partial charge in [0, 0.05) is 0 Å². The van der Waals surface area contributed by atoms with Crippen LogP contribution < -0.4 is 21.2 Å². The SMILES string of the molecule is CC[I-]C1(C)C2CC(C2)C1(C)C. The molecule has 3 aliphatic rings. The minimum atomic E-state index is 0.453. The van der Waals surface area contributed by atoms with Gasteiger partial charge in [0.2, 0.25) is 0 Å². The van der Waals surface area contributed by atoms with Crippen molar-refractivity contribution in [2.45, 2.75) is 44.0 Å². The summed E-state index contributed by atoms with van der Waals surface area (Å²) in [5, 5.41) is 0. The Balaban J connectivity index is 2.24. The van der Waals surface area contributed by atoms with E-state index in [1.165, 1.54) is 4.43 Å². The Kier molecular flexibility index (Phi) is 2.02. The van der Waals surface area contributed by atoms with E-state index in [4.69, 9.17) is 0 Å². The molecule has 0 aromatic carbocycles. The Morgan fingerprint density at radius 1 is 1.17 bits per heavy atom. The molecule has 3 fully saturated rings. The molecule has 0 spiro atoms. The fraction of sp³-hybridized carbons (Fsp3) is 1.00. The molecule has 0 aliphatic heterocycles. The zero-order valence-electron chi connectivity index (χ0n) is 8.65. The molecule has 3 saturated carbocycles. The molecule has 3 rings (SSSR count). The summed E-state index contributed by atoms with van der Waals surface area (Å²) in [6, 6.07) is 0. The number of halogens is 1. The predicted octanol–water partition coefficient (Wildman–Crippen LogP) is -0.0800. The van der Waals surface area contributed by atoms with Crippen LogP contribution in [0.2, 0.25) is 0 Å². The topological polar surface area (TPSA) is 0 Å². The summed E-state index contributed by atoms with van der Waals surface area (Å²) >= 11 is 0.453. The van der Waals surface area contributed by atoms with Crippen LogP contribution in [0.3, 0.4) is 0 Å². The maximum absolute atomic E-state index is 2.58. The monoisotopic (exact) mass is 279 g/mol. The molecule has 0 N–H and O–H groups in total. The van der Waals surface area contributed by atoms with Gasteiger partial charge < -0.3 is 0 Å². The van der Waals surface area contributed by atoms with E-state index in [0.717, 1.165) is 15.3 Å². The standard InChI is InChI=1S/C11H20I/c1-5-12-11(4)9-6-8(7-9)10(11,2)3/h8-9H,5-7H2,1-4H3/q-1. The first-order valence-electron chi connectivity index (χ1n) is 5.12. The van der Waals surface area contributed by atoms with Crippen LogP contribution >= 0.6 is 0 Å². The number of rotatable bonds is 2. The van der Waals surface area contributed by atoms with Gasteiger partial charge in [-0.1, -0.05) is 0 Å². The number of hydrogen-bond donors (Lipinski definition) is 0. The molecular formula is C11H20I-. The summed E-state index contributed by atoms with van der Waals surface area (Å²) in [5.41, 5.74) is 0.682. The van der Waals surface area contributed by atoms with Gasteiger partial charge >= 0.3 is 86.8 Å². The summed E-state index contributed by atoms with van der Waals surface area (Å²) in [4.78, 5) is 0. The molecule has 1 heteroatoms. The van der Waals surface area contributed by atoms with Crippen LogP contribution in [0.4, 0.5) is 0 Å². The van der Waals surface area contributed by atoms with Gasteiger partial charge in [-0.3, -0.25) is 0 Å². The quantitative estimate of drug-likeness (QED) is 0.490. The van der Waals surface area contributed by atoms with E-state index in [9.17, 15) is 0 Å². The van der Waals surface area contributed by atoms with E-state index >= 15 is 0 Å². The Hall–Kier alpha value is 0.730. The molecule has 0 radical (unpaired) electrons. The van der Waals surface area contributed by atoms with Crippen LogP contribution in [0.1, 0.15) is 40.5 Å². The van der Waals surface area contributed by atoms with Crippen molar-refractivity contribution in [1.29, 1.82) is 0 Å². The summed E-state index contributed by atoms with van der Waals surface area (Å²) in [5.74, 6) is 2.20. The van der Waals surface area contributed by atoms with Crippen molar-refractivity contribution in [2.75, 3.05) is 4.43 Å². The van der Waals surface area contributed by atoms with Gasteiger partial charge in [-0.2, -0.15) is 0 Å². The van der Waals surface area contributed by atoms with Gasteiger partial charge in [-0.05, 0) is 0 Å². The molecule has 0 aromatic heterocycles. The summed E-state index contributed by atoms with van der Waals surface area (Å²) < 4.78 is 2.26. The normalized spacial score (nSPS) is 49.3. The number of fused-ring (bicyclic) bond motifs is 1. The van der Waals surface area contributed by atoms with Gasteiger partial charge in [0.15, 0.2) is 0 Å². The van der Waals surface area contributed by atoms with Crippen molar-refractivity contribution in [1.82, 2.24) is 0 Å². The minimum absolute atomic E-state index is 0.453. The van der Waals surface area contributed by atoms with Crippen molar-refractivity contribution in [3.05, 3.63) is 0 Å². The number of hydrogen-bond acceptors (Lipinski definition) is 0. The first-order chi connectivity index (χ1) is 5.52. The third kappa shape index (κ3) is 0.893. The summed E-state index contributed by atoms with van der Waals surface area (Å²) in [6.45, 7) is 10.0. The molecule has 0 heterocycles. The average molecular weight is 279 g/mol. The van der Waals surface area contributed by atoms with E-state index in [2.05, 4.69) is 27.7 Å². The second-order valence-electron chi connectivity index (χ2n) is 5.06. The molecule has 72 valence electrons. The summed E-state index contributed by atoms with van der Waals surface area (Å²) in [7, 11) is 0. The zero-order valence-corrected chi connectivity index (χ0v) is 10.8. The molecule has 0 amide bonds. The Morgan fingerprint density at radius 3 is 2.08 bits per heavy atom. The third-order valence-corrected chi connectivity index (χ3v) is 9.21. The van der Waals surface area contributed by atoms with Crippen LogP contribution in [0.25, 0.3) is 0 Å². The van der Waals surface area contributed by atoms with E-state index in [1.54, 1.807) is 12.8 Å². The van der Waals surface area contributed by atoms with Crippen molar-refractivity contribution >= 4 is 0 Å². The molecule has 12 heavy (non-hydrogen) atoms. The van der Waals surface area contributed by atoms with Gasteiger partial charge in [-0.15, -0.1) is 0 Å². The molecule has 2 bridgehead atoms. The van der Waals surface area contributed by atoms with Crippen LogP contribution in [0.5, 0.6) is 0 Å². The molecule has 0 aromatic rings. The van der Waals surface area contributed by atoms with Crippen molar-refractivity contribution in [3.63, 3.8) is 0 Å². The molecule has 0 nitrogen and oxygen atoms in total. The van der Waals surface area contributed by atoms with Gasteiger partial charge in [0.25, 0.3) is 0 Å². The Labute approximate surface area is 86.8 Å². The van der Waals surface area contributed by atoms with Crippen LogP contribution in [-0.4, -0.2) is 7.85 Å². The molecule has 0 saturated heterocycles. The fourth-order valence-electron chi connectivity index (χ4n) is 3.13. The predicted molar refractivity (Wildman–Crippen MR) is 48.9 cm³/mol. The molecular weight excluding hydrogens is 259 g/mol. The van der Waals surface area contributed by atoms with Crippen molar-refractivity contribution < 1.29 is 21.2 Å². The van der Waals surface area contributed by atoms with Gasteiger partial charge in [-0.25, -0.2) is 0 Å². The third-order valence-electron chi connectivity index (χ3n) is 4.60. The van der Waals surface area contributed by atoms with Gasteiger partial charge in [0.1, 0.15) is 0 Å². The second-order valence-corrected chi connectivity index (χ2v) is 9.59. The summed E-state index contributed by atoms with van der Waals surface area (Å²) in [6.07, 6.45) is 3.12. The number of alkyl halides is 2. The zero-order chi connectivity index (χ0) is 8.98. The van der Waals surface area contributed by atoms with Crippen LogP contribution in [0.15, 0.2) is 0 Å². The molecule has 1 atom stereocenters. The molecule has 3 aliphatic carbocycles. The van der Waals surface area contributed by atoms with E-state index in [1.807, 2.05) is 0 Å². The maximum atomic E-state index is 2.58. The Bertz CT molecular complexity index is 191. The first-order valence-corrected chi connectivity index (χ1v) is 7.73. The van der Waals surface area contributed by atoms with Gasteiger partial charge in [0.05, 0.1) is 0 Å². The van der Waals surface area contributed by atoms with Crippen LogP contribution in [-0.2, 0) is 0 Å².